The Morgan fingerprint density at radius 3 is 3.18 bits per heavy atom. The summed E-state index contributed by atoms with van der Waals surface area (Å²) in [4.78, 5) is 6.83. The van der Waals surface area contributed by atoms with Gasteiger partial charge in [-0.05, 0) is 31.5 Å². The first-order valence-corrected chi connectivity index (χ1v) is 7.45. The number of aromatic nitrogens is 4. The minimum Gasteiger partial charge on any atom is -0.472 e. The minimum atomic E-state index is 0.462. The van der Waals surface area contributed by atoms with Gasteiger partial charge in [-0.25, -0.2) is 0 Å². The van der Waals surface area contributed by atoms with Crippen molar-refractivity contribution in [1.82, 2.24) is 24.8 Å². The minimum absolute atomic E-state index is 0.462. The van der Waals surface area contributed by atoms with Crippen molar-refractivity contribution in [2.45, 2.75) is 32.0 Å². The van der Waals surface area contributed by atoms with Crippen molar-refractivity contribution in [3.05, 3.63) is 42.9 Å². The second kappa shape index (κ2) is 5.76. The Morgan fingerprint density at radius 1 is 1.36 bits per heavy atom. The molecule has 22 heavy (non-hydrogen) atoms. The average molecular weight is 299 g/mol. The monoisotopic (exact) mass is 299 g/mol. The number of nitrogens with zero attached hydrogens (tertiary/aromatic N) is 5. The fourth-order valence-electron chi connectivity index (χ4n) is 2.94. The summed E-state index contributed by atoms with van der Waals surface area (Å²) in [7, 11) is 0. The van der Waals surface area contributed by atoms with Gasteiger partial charge in [-0.1, -0.05) is 5.16 Å². The molecule has 0 saturated carbocycles. The van der Waals surface area contributed by atoms with E-state index < -0.39 is 0 Å². The molecule has 1 aliphatic rings. The Morgan fingerprint density at radius 2 is 2.36 bits per heavy atom. The number of likely N-dealkylation sites (tertiary alicyclic amines) is 1. The van der Waals surface area contributed by atoms with Crippen molar-refractivity contribution >= 4 is 0 Å². The van der Waals surface area contributed by atoms with Crippen LogP contribution in [0.25, 0.3) is 11.4 Å². The van der Waals surface area contributed by atoms with Gasteiger partial charge < -0.3 is 8.94 Å². The summed E-state index contributed by atoms with van der Waals surface area (Å²) in [6.45, 7) is 2.63. The highest BCUT2D eigenvalue weighted by Gasteiger charge is 2.26. The Balaban J connectivity index is 1.44. The fraction of sp³-hybridized carbons (Fsp3) is 0.400. The van der Waals surface area contributed by atoms with Crippen molar-refractivity contribution in [3.8, 4) is 11.4 Å². The molecule has 7 heteroatoms. The third-order valence-electron chi connectivity index (χ3n) is 4.04. The van der Waals surface area contributed by atoms with Crippen LogP contribution in [0.15, 0.2) is 46.0 Å². The number of hydrogen-bond donors (Lipinski definition) is 0. The lowest BCUT2D eigenvalue weighted by molar-refractivity contribution is 0.192. The van der Waals surface area contributed by atoms with Gasteiger partial charge in [0.25, 0.3) is 0 Å². The van der Waals surface area contributed by atoms with Crippen LogP contribution in [0.5, 0.6) is 0 Å². The van der Waals surface area contributed by atoms with Crippen LogP contribution < -0.4 is 0 Å². The first-order valence-electron chi connectivity index (χ1n) is 7.45. The average Bonchev–Trinajstić information content (AvgIpc) is 3.28. The third kappa shape index (κ3) is 2.67. The van der Waals surface area contributed by atoms with Crippen LogP contribution in [0.2, 0.25) is 0 Å². The van der Waals surface area contributed by atoms with Crippen LogP contribution in [0.4, 0.5) is 0 Å². The fourth-order valence-corrected chi connectivity index (χ4v) is 2.94. The molecule has 3 aromatic heterocycles. The molecule has 0 bridgehead atoms. The molecule has 1 aliphatic heterocycles. The zero-order valence-electron chi connectivity index (χ0n) is 12.1. The maximum absolute atomic E-state index is 5.37. The summed E-state index contributed by atoms with van der Waals surface area (Å²) in [5.74, 6) is 1.22. The molecule has 1 unspecified atom stereocenters. The van der Waals surface area contributed by atoms with Crippen molar-refractivity contribution in [2.24, 2.45) is 0 Å². The lowest BCUT2D eigenvalue weighted by Gasteiger charge is -2.22. The normalized spacial score (nSPS) is 19.0. The molecule has 4 rings (SSSR count). The topological polar surface area (TPSA) is 73.1 Å². The zero-order chi connectivity index (χ0) is 14.8. The molecule has 0 amide bonds. The van der Waals surface area contributed by atoms with Gasteiger partial charge in [-0.2, -0.15) is 10.1 Å². The van der Waals surface area contributed by atoms with E-state index in [0.29, 0.717) is 24.3 Å². The molecule has 1 saturated heterocycles. The van der Waals surface area contributed by atoms with Crippen LogP contribution in [0, 0.1) is 0 Å². The van der Waals surface area contributed by atoms with E-state index in [-0.39, 0.29) is 0 Å². The molecule has 114 valence electrons. The van der Waals surface area contributed by atoms with Crippen molar-refractivity contribution < 1.29 is 8.94 Å². The standard InChI is InChI=1S/C15H17N5O2/c1-3-13(9-20-7-2-5-16-20)19(6-1)10-14-17-15(18-22-14)12-4-8-21-11-12/h2,4-5,7-8,11,13H,1,3,6,9-10H2. The summed E-state index contributed by atoms with van der Waals surface area (Å²) in [6.07, 6.45) is 9.39. The lowest BCUT2D eigenvalue weighted by atomic mass is 10.2. The first kappa shape index (κ1) is 13.3. The van der Waals surface area contributed by atoms with E-state index in [4.69, 9.17) is 8.94 Å². The van der Waals surface area contributed by atoms with E-state index in [1.165, 1.54) is 12.8 Å². The molecule has 0 aromatic carbocycles. The molecule has 1 fully saturated rings. The molecule has 0 radical (unpaired) electrons. The molecule has 0 spiro atoms. The second-order valence-electron chi connectivity index (χ2n) is 5.52. The summed E-state index contributed by atoms with van der Waals surface area (Å²) < 4.78 is 12.4. The summed E-state index contributed by atoms with van der Waals surface area (Å²) in [5, 5.41) is 8.30. The van der Waals surface area contributed by atoms with E-state index in [1.54, 1.807) is 12.5 Å². The summed E-state index contributed by atoms with van der Waals surface area (Å²) in [6, 6.07) is 4.24. The zero-order valence-corrected chi connectivity index (χ0v) is 12.1. The lowest BCUT2D eigenvalue weighted by Crippen LogP contribution is -2.32. The highest BCUT2D eigenvalue weighted by molar-refractivity contribution is 5.51. The van der Waals surface area contributed by atoms with Crippen LogP contribution >= 0.6 is 0 Å². The quantitative estimate of drug-likeness (QED) is 0.719. The molecule has 7 nitrogen and oxygen atoms in total. The maximum Gasteiger partial charge on any atom is 0.241 e. The van der Waals surface area contributed by atoms with Gasteiger partial charge in [0.2, 0.25) is 11.7 Å². The second-order valence-corrected chi connectivity index (χ2v) is 5.52. The van der Waals surface area contributed by atoms with Gasteiger partial charge in [-0.15, -0.1) is 0 Å². The van der Waals surface area contributed by atoms with E-state index in [1.807, 2.05) is 29.2 Å². The number of rotatable bonds is 5. The van der Waals surface area contributed by atoms with E-state index in [0.717, 1.165) is 18.7 Å². The number of hydrogen-bond acceptors (Lipinski definition) is 6. The molecule has 0 aliphatic carbocycles. The number of furan rings is 1. The van der Waals surface area contributed by atoms with Gasteiger partial charge >= 0.3 is 0 Å². The van der Waals surface area contributed by atoms with Gasteiger partial charge in [0.15, 0.2) is 0 Å². The molecule has 1 atom stereocenters. The highest BCUT2D eigenvalue weighted by Crippen LogP contribution is 2.22. The molecular weight excluding hydrogens is 282 g/mol. The third-order valence-corrected chi connectivity index (χ3v) is 4.04. The van der Waals surface area contributed by atoms with E-state index in [9.17, 15) is 0 Å². The van der Waals surface area contributed by atoms with Crippen LogP contribution in [-0.4, -0.2) is 37.4 Å². The smallest absolute Gasteiger partial charge is 0.241 e. The van der Waals surface area contributed by atoms with Gasteiger partial charge in [0.1, 0.15) is 6.26 Å². The van der Waals surface area contributed by atoms with Crippen molar-refractivity contribution in [2.75, 3.05) is 6.54 Å². The van der Waals surface area contributed by atoms with Gasteiger partial charge in [0, 0.05) is 18.4 Å². The summed E-state index contributed by atoms with van der Waals surface area (Å²) >= 11 is 0. The Kier molecular flexibility index (Phi) is 3.48. The van der Waals surface area contributed by atoms with Crippen molar-refractivity contribution in [3.63, 3.8) is 0 Å². The Hall–Kier alpha value is -2.41. The molecule has 0 N–H and O–H groups in total. The van der Waals surface area contributed by atoms with Crippen LogP contribution in [0.3, 0.4) is 0 Å². The first-order chi connectivity index (χ1) is 10.9. The predicted octanol–water partition coefficient (Wildman–Crippen LogP) is 2.19. The van der Waals surface area contributed by atoms with Crippen molar-refractivity contribution in [1.29, 1.82) is 0 Å². The molecule has 4 heterocycles. The highest BCUT2D eigenvalue weighted by atomic mass is 16.5. The Labute approximate surface area is 127 Å². The predicted molar refractivity (Wildman–Crippen MR) is 77.7 cm³/mol. The Bertz CT molecular complexity index is 704. The van der Waals surface area contributed by atoms with Gasteiger partial charge in [-0.3, -0.25) is 9.58 Å². The van der Waals surface area contributed by atoms with Crippen LogP contribution in [-0.2, 0) is 13.1 Å². The van der Waals surface area contributed by atoms with E-state index in [2.05, 4.69) is 20.1 Å². The largest absolute Gasteiger partial charge is 0.472 e. The van der Waals surface area contributed by atoms with E-state index >= 15 is 0 Å². The SMILES string of the molecule is c1cnn(CC2CCCN2Cc2nc(-c3ccoc3)no2)c1. The molecular formula is C15H17N5O2. The summed E-state index contributed by atoms with van der Waals surface area (Å²) in [5.41, 5.74) is 0.838. The molecule has 3 aromatic rings. The van der Waals surface area contributed by atoms with Gasteiger partial charge in [0.05, 0.1) is 24.9 Å². The van der Waals surface area contributed by atoms with Crippen LogP contribution in [0.1, 0.15) is 18.7 Å². The maximum atomic E-state index is 5.37.